The van der Waals surface area contributed by atoms with Crippen molar-refractivity contribution in [2.75, 3.05) is 13.2 Å². The van der Waals surface area contributed by atoms with Crippen LogP contribution in [0.1, 0.15) is 25.0 Å². The molecule has 4 heteroatoms. The Labute approximate surface area is 102 Å². The molecule has 0 saturated heterocycles. The third-order valence-electron chi connectivity index (χ3n) is 2.29. The van der Waals surface area contributed by atoms with Crippen LogP contribution in [0.2, 0.25) is 0 Å². The van der Waals surface area contributed by atoms with Crippen LogP contribution in [0.4, 0.5) is 0 Å². The van der Waals surface area contributed by atoms with E-state index in [0.29, 0.717) is 18.8 Å². The summed E-state index contributed by atoms with van der Waals surface area (Å²) in [4.78, 5) is 0. The molecule has 94 valence electrons. The molecule has 0 aromatic heterocycles. The molecule has 0 saturated carbocycles. The second kappa shape index (κ2) is 6.25. The largest absolute Gasteiger partial charge is 0.491 e. The third-order valence-corrected chi connectivity index (χ3v) is 2.29. The number of ether oxygens (including phenoxy) is 2. The van der Waals surface area contributed by atoms with E-state index in [1.165, 1.54) is 0 Å². The standard InChI is InChI=1S/C13H20N2O2/c1-9(2)16-6-7-17-12-8-11(13(14)15)5-4-10(12)3/h4-5,8-9H,6-7H2,1-3H3,(H3,14,15). The Kier molecular flexibility index (Phi) is 4.97. The molecule has 0 aliphatic carbocycles. The highest BCUT2D eigenvalue weighted by Gasteiger charge is 2.03. The molecule has 0 atom stereocenters. The molecular formula is C13H20N2O2. The van der Waals surface area contributed by atoms with Gasteiger partial charge in [-0.1, -0.05) is 12.1 Å². The molecule has 0 fully saturated rings. The third kappa shape index (κ3) is 4.44. The lowest BCUT2D eigenvalue weighted by molar-refractivity contribution is 0.0551. The Balaban J connectivity index is 2.57. The van der Waals surface area contributed by atoms with Gasteiger partial charge < -0.3 is 15.2 Å². The van der Waals surface area contributed by atoms with Gasteiger partial charge >= 0.3 is 0 Å². The summed E-state index contributed by atoms with van der Waals surface area (Å²) in [6, 6.07) is 5.50. The van der Waals surface area contributed by atoms with Crippen LogP contribution in [0.15, 0.2) is 18.2 Å². The van der Waals surface area contributed by atoms with E-state index in [2.05, 4.69) is 0 Å². The predicted octanol–water partition coefficient (Wildman–Crippen LogP) is 2.08. The maximum absolute atomic E-state index is 7.37. The number of nitrogen functional groups attached to an aromatic ring is 1. The maximum Gasteiger partial charge on any atom is 0.123 e. The molecule has 1 aromatic rings. The first-order chi connectivity index (χ1) is 8.00. The van der Waals surface area contributed by atoms with Crippen LogP contribution in [-0.4, -0.2) is 25.2 Å². The van der Waals surface area contributed by atoms with E-state index in [9.17, 15) is 0 Å². The zero-order valence-corrected chi connectivity index (χ0v) is 10.6. The van der Waals surface area contributed by atoms with E-state index in [-0.39, 0.29) is 11.9 Å². The number of rotatable bonds is 6. The first-order valence-electron chi connectivity index (χ1n) is 5.70. The lowest BCUT2D eigenvalue weighted by Gasteiger charge is -2.12. The van der Waals surface area contributed by atoms with Crippen LogP contribution >= 0.6 is 0 Å². The summed E-state index contributed by atoms with van der Waals surface area (Å²) in [7, 11) is 0. The number of nitrogens with two attached hydrogens (primary N) is 1. The van der Waals surface area contributed by atoms with Crippen LogP contribution in [0, 0.1) is 12.3 Å². The van der Waals surface area contributed by atoms with E-state index in [4.69, 9.17) is 20.6 Å². The van der Waals surface area contributed by atoms with Crippen molar-refractivity contribution < 1.29 is 9.47 Å². The summed E-state index contributed by atoms with van der Waals surface area (Å²) in [5, 5.41) is 7.37. The molecule has 1 aromatic carbocycles. The van der Waals surface area contributed by atoms with E-state index in [1.54, 1.807) is 6.07 Å². The zero-order valence-electron chi connectivity index (χ0n) is 10.6. The Hall–Kier alpha value is -1.55. The molecule has 0 radical (unpaired) electrons. The fraction of sp³-hybridized carbons (Fsp3) is 0.462. The van der Waals surface area contributed by atoms with E-state index >= 15 is 0 Å². The van der Waals surface area contributed by atoms with Gasteiger partial charge in [0.15, 0.2) is 0 Å². The molecule has 17 heavy (non-hydrogen) atoms. The highest BCUT2D eigenvalue weighted by molar-refractivity contribution is 5.95. The van der Waals surface area contributed by atoms with Crippen molar-refractivity contribution in [3.63, 3.8) is 0 Å². The van der Waals surface area contributed by atoms with Gasteiger partial charge in [0.2, 0.25) is 0 Å². The minimum atomic E-state index is 0.0493. The zero-order chi connectivity index (χ0) is 12.8. The maximum atomic E-state index is 7.37. The van der Waals surface area contributed by atoms with Gasteiger partial charge in [0.05, 0.1) is 12.7 Å². The number of benzene rings is 1. The van der Waals surface area contributed by atoms with Crippen LogP contribution in [0.5, 0.6) is 5.75 Å². The quantitative estimate of drug-likeness (QED) is 0.451. The fourth-order valence-corrected chi connectivity index (χ4v) is 1.36. The van der Waals surface area contributed by atoms with Crippen LogP contribution in [0.3, 0.4) is 0 Å². The number of aryl methyl sites for hydroxylation is 1. The first-order valence-corrected chi connectivity index (χ1v) is 5.70. The predicted molar refractivity (Wildman–Crippen MR) is 68.8 cm³/mol. The van der Waals surface area contributed by atoms with Crippen LogP contribution in [0.25, 0.3) is 0 Å². The monoisotopic (exact) mass is 236 g/mol. The van der Waals surface area contributed by atoms with Crippen LogP contribution in [-0.2, 0) is 4.74 Å². The summed E-state index contributed by atoms with van der Waals surface area (Å²) in [6.45, 7) is 6.99. The molecule has 0 unspecified atom stereocenters. The number of hydrogen-bond donors (Lipinski definition) is 2. The fourth-order valence-electron chi connectivity index (χ4n) is 1.36. The molecule has 0 spiro atoms. The van der Waals surface area contributed by atoms with Gasteiger partial charge in [0.1, 0.15) is 18.2 Å². The summed E-state index contributed by atoms with van der Waals surface area (Å²) < 4.78 is 11.0. The van der Waals surface area contributed by atoms with E-state index in [0.717, 1.165) is 11.3 Å². The molecule has 4 nitrogen and oxygen atoms in total. The van der Waals surface area contributed by atoms with Crippen molar-refractivity contribution in [2.45, 2.75) is 26.9 Å². The van der Waals surface area contributed by atoms with Crippen molar-refractivity contribution in [1.29, 1.82) is 5.41 Å². The van der Waals surface area contributed by atoms with Crippen molar-refractivity contribution in [3.8, 4) is 5.75 Å². The highest BCUT2D eigenvalue weighted by Crippen LogP contribution is 2.19. The van der Waals surface area contributed by atoms with Gasteiger partial charge in [-0.25, -0.2) is 0 Å². The van der Waals surface area contributed by atoms with Crippen molar-refractivity contribution >= 4 is 5.84 Å². The second-order valence-electron chi connectivity index (χ2n) is 4.16. The van der Waals surface area contributed by atoms with Crippen molar-refractivity contribution in [2.24, 2.45) is 5.73 Å². The SMILES string of the molecule is Cc1ccc(C(=N)N)cc1OCCOC(C)C. The van der Waals surface area contributed by atoms with Gasteiger partial charge in [-0.15, -0.1) is 0 Å². The lowest BCUT2D eigenvalue weighted by Crippen LogP contribution is -2.13. The van der Waals surface area contributed by atoms with Gasteiger partial charge in [-0.3, -0.25) is 5.41 Å². The Bertz CT molecular complexity index is 389. The molecule has 0 bridgehead atoms. The normalized spacial score (nSPS) is 10.6. The Morgan fingerprint density at radius 3 is 2.65 bits per heavy atom. The van der Waals surface area contributed by atoms with E-state index < -0.39 is 0 Å². The average molecular weight is 236 g/mol. The van der Waals surface area contributed by atoms with Gasteiger partial charge in [-0.2, -0.15) is 0 Å². The Morgan fingerprint density at radius 1 is 1.35 bits per heavy atom. The van der Waals surface area contributed by atoms with Gasteiger partial charge in [-0.05, 0) is 32.4 Å². The lowest BCUT2D eigenvalue weighted by atomic mass is 10.1. The average Bonchev–Trinajstić information content (AvgIpc) is 2.25. The summed E-state index contributed by atoms with van der Waals surface area (Å²) in [6.07, 6.45) is 0.211. The highest BCUT2D eigenvalue weighted by atomic mass is 16.5. The molecule has 0 heterocycles. The van der Waals surface area contributed by atoms with Crippen molar-refractivity contribution in [1.82, 2.24) is 0 Å². The Morgan fingerprint density at radius 2 is 2.06 bits per heavy atom. The van der Waals surface area contributed by atoms with Crippen molar-refractivity contribution in [3.05, 3.63) is 29.3 Å². The number of nitrogens with one attached hydrogen (secondary N) is 1. The summed E-state index contributed by atoms with van der Waals surface area (Å²) in [5.74, 6) is 0.804. The molecule has 3 N–H and O–H groups in total. The van der Waals surface area contributed by atoms with E-state index in [1.807, 2.05) is 32.9 Å². The molecule has 0 aliphatic rings. The van der Waals surface area contributed by atoms with Crippen LogP contribution < -0.4 is 10.5 Å². The molecule has 0 aliphatic heterocycles. The smallest absolute Gasteiger partial charge is 0.123 e. The summed E-state index contributed by atoms with van der Waals surface area (Å²) in [5.41, 5.74) is 7.13. The summed E-state index contributed by atoms with van der Waals surface area (Å²) >= 11 is 0. The van der Waals surface area contributed by atoms with Gasteiger partial charge in [0, 0.05) is 5.56 Å². The second-order valence-corrected chi connectivity index (χ2v) is 4.16. The molecular weight excluding hydrogens is 216 g/mol. The van der Waals surface area contributed by atoms with Gasteiger partial charge in [0.25, 0.3) is 0 Å². The topological polar surface area (TPSA) is 68.3 Å². The number of hydrogen-bond acceptors (Lipinski definition) is 3. The molecule has 0 amide bonds. The molecule has 1 rings (SSSR count). The number of amidine groups is 1. The minimum Gasteiger partial charge on any atom is -0.491 e. The first kappa shape index (κ1) is 13.5. The minimum absolute atomic E-state index is 0.0493.